The Balaban J connectivity index is 1.62. The first-order valence-corrected chi connectivity index (χ1v) is 5.24. The van der Waals surface area contributed by atoms with Gasteiger partial charge in [0.05, 0.1) is 19.1 Å². The fourth-order valence-electron chi connectivity index (χ4n) is 1.77. The molecule has 1 aliphatic rings. The topological polar surface area (TPSA) is 34.4 Å². The van der Waals surface area contributed by atoms with E-state index in [4.69, 9.17) is 9.15 Å². The van der Waals surface area contributed by atoms with E-state index < -0.39 is 0 Å². The molecule has 1 aromatic rings. The lowest BCUT2D eigenvalue weighted by Gasteiger charge is -2.22. The molecule has 1 fully saturated rings. The zero-order valence-corrected chi connectivity index (χ0v) is 8.37. The van der Waals surface area contributed by atoms with Gasteiger partial charge in [-0.15, -0.1) is 0 Å². The third-order valence-corrected chi connectivity index (χ3v) is 2.66. The first-order chi connectivity index (χ1) is 6.95. The van der Waals surface area contributed by atoms with E-state index in [2.05, 4.69) is 5.32 Å². The van der Waals surface area contributed by atoms with Gasteiger partial charge < -0.3 is 14.5 Å². The first kappa shape index (κ1) is 9.74. The summed E-state index contributed by atoms with van der Waals surface area (Å²) in [5, 5.41) is 3.35. The van der Waals surface area contributed by atoms with Crippen molar-refractivity contribution in [1.29, 1.82) is 0 Å². The van der Waals surface area contributed by atoms with Gasteiger partial charge in [0.1, 0.15) is 0 Å². The number of furan rings is 1. The summed E-state index contributed by atoms with van der Waals surface area (Å²) in [4.78, 5) is 0. The molecule has 1 N–H and O–H groups in total. The SMILES string of the molecule is c1cc(COCC2CCNCC2)co1. The minimum atomic E-state index is 0.681. The summed E-state index contributed by atoms with van der Waals surface area (Å²) in [6.45, 7) is 3.84. The predicted octanol–water partition coefficient (Wildman–Crippen LogP) is 1.80. The molecule has 0 bridgehead atoms. The van der Waals surface area contributed by atoms with Gasteiger partial charge in [-0.25, -0.2) is 0 Å². The summed E-state index contributed by atoms with van der Waals surface area (Å²) in [6, 6.07) is 1.95. The van der Waals surface area contributed by atoms with Gasteiger partial charge in [0.25, 0.3) is 0 Å². The van der Waals surface area contributed by atoms with E-state index in [1.54, 1.807) is 12.5 Å². The Kier molecular flexibility index (Phi) is 3.60. The molecule has 1 saturated heterocycles. The Hall–Kier alpha value is -0.800. The summed E-state index contributed by atoms with van der Waals surface area (Å²) in [7, 11) is 0. The maximum absolute atomic E-state index is 5.63. The summed E-state index contributed by atoms with van der Waals surface area (Å²) >= 11 is 0. The van der Waals surface area contributed by atoms with Crippen molar-refractivity contribution < 1.29 is 9.15 Å². The highest BCUT2D eigenvalue weighted by Gasteiger charge is 2.12. The molecule has 3 heteroatoms. The van der Waals surface area contributed by atoms with E-state index in [1.165, 1.54) is 12.8 Å². The van der Waals surface area contributed by atoms with Crippen LogP contribution >= 0.6 is 0 Å². The molecule has 0 saturated carbocycles. The minimum Gasteiger partial charge on any atom is -0.472 e. The lowest BCUT2D eigenvalue weighted by atomic mass is 9.99. The van der Waals surface area contributed by atoms with Crippen LogP contribution in [0.3, 0.4) is 0 Å². The van der Waals surface area contributed by atoms with Gasteiger partial charge >= 0.3 is 0 Å². The Morgan fingerprint density at radius 1 is 1.43 bits per heavy atom. The van der Waals surface area contributed by atoms with Gasteiger partial charge in [0, 0.05) is 12.2 Å². The number of piperidine rings is 1. The van der Waals surface area contributed by atoms with Crippen LogP contribution in [0.25, 0.3) is 0 Å². The second-order valence-corrected chi connectivity index (χ2v) is 3.84. The van der Waals surface area contributed by atoms with E-state index in [0.717, 1.165) is 31.2 Å². The average molecular weight is 195 g/mol. The van der Waals surface area contributed by atoms with Gasteiger partial charge in [-0.05, 0) is 37.9 Å². The normalized spacial score (nSPS) is 18.6. The molecule has 2 rings (SSSR count). The molecule has 0 amide bonds. The third kappa shape index (κ3) is 2.86. The molecule has 1 aliphatic heterocycles. The van der Waals surface area contributed by atoms with Crippen molar-refractivity contribution in [2.75, 3.05) is 19.7 Å². The summed E-state index contributed by atoms with van der Waals surface area (Å²) in [6.07, 6.45) is 5.91. The van der Waals surface area contributed by atoms with Crippen LogP contribution in [0, 0.1) is 5.92 Å². The van der Waals surface area contributed by atoms with Crippen molar-refractivity contribution in [2.24, 2.45) is 5.92 Å². The smallest absolute Gasteiger partial charge is 0.0957 e. The van der Waals surface area contributed by atoms with Crippen molar-refractivity contribution in [2.45, 2.75) is 19.4 Å². The van der Waals surface area contributed by atoms with Gasteiger partial charge in [0.2, 0.25) is 0 Å². The monoisotopic (exact) mass is 195 g/mol. The van der Waals surface area contributed by atoms with Crippen LogP contribution in [0.5, 0.6) is 0 Å². The lowest BCUT2D eigenvalue weighted by Crippen LogP contribution is -2.29. The molecule has 0 radical (unpaired) electrons. The van der Waals surface area contributed by atoms with Gasteiger partial charge in [-0.1, -0.05) is 0 Å². The molecule has 0 atom stereocenters. The molecule has 0 aromatic carbocycles. The molecular formula is C11H17NO2. The standard InChI is InChI=1S/C11H17NO2/c1-4-12-5-2-10(1)7-14-9-11-3-6-13-8-11/h3,6,8,10,12H,1-2,4-5,7,9H2. The van der Waals surface area contributed by atoms with Crippen molar-refractivity contribution in [1.82, 2.24) is 5.32 Å². The summed E-state index contributed by atoms with van der Waals surface area (Å²) in [5.41, 5.74) is 1.12. The van der Waals surface area contributed by atoms with Crippen LogP contribution in [0.15, 0.2) is 23.0 Å². The van der Waals surface area contributed by atoms with Crippen LogP contribution in [-0.4, -0.2) is 19.7 Å². The highest BCUT2D eigenvalue weighted by Crippen LogP contribution is 2.12. The van der Waals surface area contributed by atoms with Gasteiger partial charge in [-0.2, -0.15) is 0 Å². The Morgan fingerprint density at radius 3 is 3.00 bits per heavy atom. The Morgan fingerprint density at radius 2 is 2.29 bits per heavy atom. The quantitative estimate of drug-likeness (QED) is 0.795. The maximum Gasteiger partial charge on any atom is 0.0957 e. The highest BCUT2D eigenvalue weighted by atomic mass is 16.5. The van der Waals surface area contributed by atoms with Crippen LogP contribution in [0.1, 0.15) is 18.4 Å². The zero-order chi connectivity index (χ0) is 9.64. The summed E-state index contributed by atoms with van der Waals surface area (Å²) in [5.74, 6) is 0.739. The van der Waals surface area contributed by atoms with Crippen molar-refractivity contribution >= 4 is 0 Å². The molecule has 14 heavy (non-hydrogen) atoms. The molecule has 0 unspecified atom stereocenters. The van der Waals surface area contributed by atoms with Crippen LogP contribution < -0.4 is 5.32 Å². The van der Waals surface area contributed by atoms with Crippen molar-refractivity contribution in [3.8, 4) is 0 Å². The summed E-state index contributed by atoms with van der Waals surface area (Å²) < 4.78 is 10.6. The van der Waals surface area contributed by atoms with Crippen LogP contribution in [0.4, 0.5) is 0 Å². The fraction of sp³-hybridized carbons (Fsp3) is 0.636. The number of ether oxygens (including phenoxy) is 1. The second-order valence-electron chi connectivity index (χ2n) is 3.84. The Labute approximate surface area is 84.4 Å². The van der Waals surface area contributed by atoms with Gasteiger partial charge in [-0.3, -0.25) is 0 Å². The van der Waals surface area contributed by atoms with Crippen molar-refractivity contribution in [3.63, 3.8) is 0 Å². The largest absolute Gasteiger partial charge is 0.472 e. The molecule has 0 spiro atoms. The second kappa shape index (κ2) is 5.17. The third-order valence-electron chi connectivity index (χ3n) is 2.66. The zero-order valence-electron chi connectivity index (χ0n) is 8.37. The molecule has 1 aromatic heterocycles. The minimum absolute atomic E-state index is 0.681. The number of nitrogens with one attached hydrogen (secondary N) is 1. The first-order valence-electron chi connectivity index (χ1n) is 5.24. The van der Waals surface area contributed by atoms with Gasteiger partial charge in [0.15, 0.2) is 0 Å². The van der Waals surface area contributed by atoms with E-state index in [-0.39, 0.29) is 0 Å². The van der Waals surface area contributed by atoms with Crippen LogP contribution in [0.2, 0.25) is 0 Å². The molecule has 2 heterocycles. The highest BCUT2D eigenvalue weighted by molar-refractivity contribution is 5.02. The lowest BCUT2D eigenvalue weighted by molar-refractivity contribution is 0.0761. The van der Waals surface area contributed by atoms with E-state index in [0.29, 0.717) is 6.61 Å². The van der Waals surface area contributed by atoms with E-state index in [1.807, 2.05) is 6.07 Å². The number of rotatable bonds is 4. The molecule has 0 aliphatic carbocycles. The van der Waals surface area contributed by atoms with E-state index in [9.17, 15) is 0 Å². The van der Waals surface area contributed by atoms with E-state index >= 15 is 0 Å². The average Bonchev–Trinajstić information content (AvgIpc) is 2.72. The fourth-order valence-corrected chi connectivity index (χ4v) is 1.77. The number of hydrogen-bond donors (Lipinski definition) is 1. The molecular weight excluding hydrogens is 178 g/mol. The number of hydrogen-bond acceptors (Lipinski definition) is 3. The maximum atomic E-state index is 5.63. The molecule has 3 nitrogen and oxygen atoms in total. The molecule has 78 valence electrons. The van der Waals surface area contributed by atoms with Crippen LogP contribution in [-0.2, 0) is 11.3 Å². The predicted molar refractivity (Wildman–Crippen MR) is 54.0 cm³/mol. The Bertz CT molecular complexity index is 240. The van der Waals surface area contributed by atoms with Crippen molar-refractivity contribution in [3.05, 3.63) is 24.2 Å².